The lowest BCUT2D eigenvalue weighted by Crippen LogP contribution is -2.62. The van der Waals surface area contributed by atoms with Crippen LogP contribution in [0, 0.1) is 0 Å². The number of hydrogen-bond acceptors (Lipinski definition) is 14. The Morgan fingerprint density at radius 2 is 1.67 bits per heavy atom. The zero-order chi connectivity index (χ0) is 30.1. The molecule has 9 N–H and O–H groups in total. The van der Waals surface area contributed by atoms with E-state index < -0.39 is 68.5 Å². The van der Waals surface area contributed by atoms with Gasteiger partial charge in [0.05, 0.1) is 51.2 Å². The van der Waals surface area contributed by atoms with E-state index in [0.717, 1.165) is 38.0 Å². The Balaban J connectivity index is 1.07. The van der Waals surface area contributed by atoms with E-state index in [-0.39, 0.29) is 37.7 Å². The van der Waals surface area contributed by atoms with Crippen molar-refractivity contribution in [3.8, 4) is 0 Å². The van der Waals surface area contributed by atoms with E-state index in [1.165, 1.54) is 0 Å². The number of carbonyl (C=O) groups excluding carboxylic acids is 1. The molecule has 0 aromatic carbocycles. The number of carbonyl (C=O) groups is 1. The molecule has 12 atom stereocenters. The molecule has 0 aliphatic carbocycles. The third-order valence-electron chi connectivity index (χ3n) is 8.04. The summed E-state index contributed by atoms with van der Waals surface area (Å²) in [5, 5.41) is 69.9. The second kappa shape index (κ2) is 17.0. The molecule has 4 aliphatic rings. The maximum atomic E-state index is 11.5. The van der Waals surface area contributed by atoms with Crippen molar-refractivity contribution in [1.29, 1.82) is 0 Å². The van der Waals surface area contributed by atoms with Crippen molar-refractivity contribution in [2.75, 3.05) is 51.9 Å². The van der Waals surface area contributed by atoms with Crippen LogP contribution >= 0.6 is 11.8 Å². The summed E-state index contributed by atoms with van der Waals surface area (Å²) in [4.78, 5) is 11.5. The number of thioether (sulfide) groups is 1. The lowest BCUT2D eigenvalue weighted by atomic mass is 9.98. The van der Waals surface area contributed by atoms with Crippen LogP contribution in [-0.2, 0) is 23.7 Å². The van der Waals surface area contributed by atoms with Crippen LogP contribution in [-0.4, -0.2) is 161 Å². The highest BCUT2D eigenvalue weighted by Crippen LogP contribution is 2.33. The molecule has 0 unspecified atom stereocenters. The fraction of sp³-hybridized carbons (Fsp3) is 0.962. The predicted octanol–water partition coefficient (Wildman–Crippen LogP) is -3.01. The number of urea groups is 1. The molecular formula is C26H47N3O12S. The van der Waals surface area contributed by atoms with E-state index in [1.54, 1.807) is 0 Å². The summed E-state index contributed by atoms with van der Waals surface area (Å²) < 4.78 is 28.0. The number of unbranched alkanes of at least 4 members (excludes halogenated alkanes) is 2. The van der Waals surface area contributed by atoms with Gasteiger partial charge in [0.25, 0.3) is 0 Å². The second-order valence-electron chi connectivity index (χ2n) is 11.1. The number of nitrogens with one attached hydrogen (secondary N) is 3. The molecule has 0 radical (unpaired) electrons. The van der Waals surface area contributed by atoms with Gasteiger partial charge in [0.2, 0.25) is 0 Å². The van der Waals surface area contributed by atoms with Gasteiger partial charge in [-0.15, -0.1) is 0 Å². The zero-order valence-electron chi connectivity index (χ0n) is 23.7. The van der Waals surface area contributed by atoms with Crippen LogP contribution in [0.5, 0.6) is 0 Å². The molecule has 4 fully saturated rings. The first-order valence-corrected chi connectivity index (χ1v) is 15.9. The van der Waals surface area contributed by atoms with E-state index in [2.05, 4.69) is 16.0 Å². The second-order valence-corrected chi connectivity index (χ2v) is 12.4. The van der Waals surface area contributed by atoms with Crippen LogP contribution in [0.1, 0.15) is 32.1 Å². The number of aliphatic hydroxyl groups is 6. The number of hydrogen-bond donors (Lipinski definition) is 9. The number of fused-ring (bicyclic) bond motifs is 1. The van der Waals surface area contributed by atoms with Crippen LogP contribution in [0.25, 0.3) is 0 Å². The van der Waals surface area contributed by atoms with E-state index >= 15 is 0 Å². The fourth-order valence-electron chi connectivity index (χ4n) is 5.65. The molecule has 15 nitrogen and oxygen atoms in total. The molecule has 42 heavy (non-hydrogen) atoms. The summed E-state index contributed by atoms with van der Waals surface area (Å²) in [6.07, 6.45) is -7.02. The van der Waals surface area contributed by atoms with Gasteiger partial charge in [-0.3, -0.25) is 0 Å². The molecule has 4 saturated heterocycles. The molecule has 0 bridgehead atoms. The number of amides is 2. The Kier molecular flexibility index (Phi) is 13.8. The summed E-state index contributed by atoms with van der Waals surface area (Å²) in [5.74, 6) is 0.980. The fourth-order valence-corrected chi connectivity index (χ4v) is 7.20. The van der Waals surface area contributed by atoms with Gasteiger partial charge in [-0.2, -0.15) is 11.8 Å². The molecule has 0 aromatic heterocycles. The minimum absolute atomic E-state index is 0.0481. The highest BCUT2D eigenvalue weighted by atomic mass is 32.2. The lowest BCUT2D eigenvalue weighted by molar-refractivity contribution is -0.358. The third-order valence-corrected chi connectivity index (χ3v) is 9.55. The Morgan fingerprint density at radius 3 is 2.45 bits per heavy atom. The Labute approximate surface area is 249 Å². The number of ether oxygens (including phenoxy) is 5. The van der Waals surface area contributed by atoms with Crippen LogP contribution in [0.2, 0.25) is 0 Å². The minimum Gasteiger partial charge on any atom is -0.394 e. The smallest absolute Gasteiger partial charge is 0.315 e. The van der Waals surface area contributed by atoms with Crippen molar-refractivity contribution < 1.29 is 59.1 Å². The average molecular weight is 626 g/mol. The van der Waals surface area contributed by atoms with E-state index in [1.807, 2.05) is 11.8 Å². The molecule has 0 aromatic rings. The Hall–Kier alpha value is -0.860. The van der Waals surface area contributed by atoms with Crippen LogP contribution in [0.4, 0.5) is 4.79 Å². The van der Waals surface area contributed by atoms with Crippen molar-refractivity contribution in [2.45, 2.75) is 105 Å². The first-order valence-electron chi connectivity index (χ1n) is 14.8. The summed E-state index contributed by atoms with van der Waals surface area (Å²) in [7, 11) is 0. The number of rotatable bonds is 17. The molecule has 0 spiro atoms. The SMILES string of the molecule is O=C1N[C@H]2[C@H](CS[C@H]2CCCCCNCCOCCO[C@@H]2O[C@@H](CO)[C@@H](O)[C@H](O)[C@@H]2O[C@H]2O[C@H](CO)[C@H](O)C[C@@H]2O)N1. The van der Waals surface area contributed by atoms with Gasteiger partial charge in [-0.05, 0) is 19.4 Å². The largest absolute Gasteiger partial charge is 0.394 e. The highest BCUT2D eigenvalue weighted by molar-refractivity contribution is 8.00. The predicted molar refractivity (Wildman–Crippen MR) is 149 cm³/mol. The van der Waals surface area contributed by atoms with Crippen molar-refractivity contribution >= 4 is 17.8 Å². The van der Waals surface area contributed by atoms with Gasteiger partial charge >= 0.3 is 6.03 Å². The third kappa shape index (κ3) is 9.09. The van der Waals surface area contributed by atoms with Crippen LogP contribution in [0.3, 0.4) is 0 Å². The number of aliphatic hydroxyl groups excluding tert-OH is 6. The summed E-state index contributed by atoms with van der Waals surface area (Å²) in [6.45, 7) is 1.21. The van der Waals surface area contributed by atoms with Crippen molar-refractivity contribution in [1.82, 2.24) is 16.0 Å². The van der Waals surface area contributed by atoms with Gasteiger partial charge in [-0.25, -0.2) is 4.79 Å². The molecule has 16 heteroatoms. The van der Waals surface area contributed by atoms with Crippen LogP contribution in [0.15, 0.2) is 0 Å². The maximum Gasteiger partial charge on any atom is 0.315 e. The van der Waals surface area contributed by atoms with E-state index in [4.69, 9.17) is 23.7 Å². The maximum absolute atomic E-state index is 11.5. The normalized spacial score (nSPS) is 40.1. The topological polar surface area (TPSA) is 221 Å². The first kappa shape index (κ1) is 34.0. The minimum atomic E-state index is -1.53. The molecule has 0 saturated carbocycles. The standard InChI is InChI=1S/C26H47N3O12S/c30-11-17-15(32)10-16(33)24(39-17)41-23-22(35)21(34)18(12-31)40-25(23)38-9-8-37-7-6-27-5-3-1-2-4-19-20-14(13-42-19)28-26(36)29-20/h14-25,27,30-35H,1-13H2,(H2,28,29,36)/t14-,15+,16-,17+,18-,19-,20-,21+,22-,23-,24+,25+/m0/s1. The van der Waals surface area contributed by atoms with Gasteiger partial charge in [0.1, 0.15) is 36.6 Å². The molecule has 244 valence electrons. The quantitative estimate of drug-likeness (QED) is 0.0581. The average Bonchev–Trinajstić information content (AvgIpc) is 3.53. The van der Waals surface area contributed by atoms with Gasteiger partial charge in [-0.1, -0.05) is 12.8 Å². The van der Waals surface area contributed by atoms with E-state index in [9.17, 15) is 35.4 Å². The summed E-state index contributed by atoms with van der Waals surface area (Å²) in [6, 6.07) is 0.474. The van der Waals surface area contributed by atoms with Crippen molar-refractivity contribution in [3.05, 3.63) is 0 Å². The molecular weight excluding hydrogens is 578 g/mol. The summed E-state index contributed by atoms with van der Waals surface area (Å²) >= 11 is 1.94. The Bertz CT molecular complexity index is 820. The molecule has 4 heterocycles. The molecule has 2 amide bonds. The van der Waals surface area contributed by atoms with Crippen molar-refractivity contribution in [2.24, 2.45) is 0 Å². The van der Waals surface area contributed by atoms with Gasteiger partial charge in [0, 0.05) is 24.0 Å². The van der Waals surface area contributed by atoms with E-state index in [0.29, 0.717) is 18.4 Å². The monoisotopic (exact) mass is 625 g/mol. The van der Waals surface area contributed by atoms with Gasteiger partial charge in [0.15, 0.2) is 12.6 Å². The van der Waals surface area contributed by atoms with Gasteiger partial charge < -0.3 is 70.3 Å². The molecule has 4 aliphatic heterocycles. The van der Waals surface area contributed by atoms with Crippen LogP contribution < -0.4 is 16.0 Å². The van der Waals surface area contributed by atoms with Crippen molar-refractivity contribution in [3.63, 3.8) is 0 Å². The highest BCUT2D eigenvalue weighted by Gasteiger charge is 2.49. The Morgan fingerprint density at radius 1 is 0.881 bits per heavy atom. The zero-order valence-corrected chi connectivity index (χ0v) is 24.5. The lowest BCUT2D eigenvalue weighted by Gasteiger charge is -2.44. The summed E-state index contributed by atoms with van der Waals surface area (Å²) in [5.41, 5.74) is 0. The first-order chi connectivity index (χ1) is 20.3. The molecule has 4 rings (SSSR count).